The minimum atomic E-state index is -0.319. The lowest BCUT2D eigenvalue weighted by molar-refractivity contribution is 0.103. The van der Waals surface area contributed by atoms with Gasteiger partial charge in [-0.05, 0) is 48.2 Å². The summed E-state index contributed by atoms with van der Waals surface area (Å²) in [6.07, 6.45) is 0. The lowest BCUT2D eigenvalue weighted by Crippen LogP contribution is -2.31. The lowest BCUT2D eigenvalue weighted by atomic mass is 10.1. The average molecular weight is 444 g/mol. The molecule has 1 unspecified atom stereocenters. The normalized spacial score (nSPS) is 11.5. The van der Waals surface area contributed by atoms with Gasteiger partial charge in [-0.1, -0.05) is 46.3 Å². The summed E-state index contributed by atoms with van der Waals surface area (Å²) in [6, 6.07) is 17.9. The van der Waals surface area contributed by atoms with Crippen molar-refractivity contribution in [1.29, 1.82) is 0 Å². The number of anilines is 2. The van der Waals surface area contributed by atoms with Crippen LogP contribution >= 0.6 is 27.3 Å². The minimum Gasteiger partial charge on any atom is -0.331 e. The summed E-state index contributed by atoms with van der Waals surface area (Å²) in [5, 5.41) is 10.4. The van der Waals surface area contributed by atoms with Crippen molar-refractivity contribution in [3.63, 3.8) is 0 Å². The molecule has 0 saturated carbocycles. The molecule has 3 rings (SSSR count). The van der Waals surface area contributed by atoms with Gasteiger partial charge < -0.3 is 16.0 Å². The van der Waals surface area contributed by atoms with Crippen LogP contribution in [0.25, 0.3) is 0 Å². The standard InChI is InChI=1S/C20H18BrN3O2S/c1-13(16-8-2-3-9-17(16)21)22-20(26)24-15-7-4-6-14(12-15)23-19(25)18-10-5-11-27-18/h2-13H,1H3,(H,23,25)(H2,22,24,26). The van der Waals surface area contributed by atoms with Crippen LogP contribution in [0.3, 0.4) is 0 Å². The monoisotopic (exact) mass is 443 g/mol. The Morgan fingerprint density at radius 3 is 2.41 bits per heavy atom. The molecule has 0 saturated heterocycles. The van der Waals surface area contributed by atoms with Gasteiger partial charge in [0.25, 0.3) is 5.91 Å². The van der Waals surface area contributed by atoms with Gasteiger partial charge in [0, 0.05) is 15.8 Å². The fourth-order valence-corrected chi connectivity index (χ4v) is 3.79. The molecule has 3 N–H and O–H groups in total. The predicted octanol–water partition coefficient (Wildman–Crippen LogP) is 5.65. The molecule has 0 radical (unpaired) electrons. The van der Waals surface area contributed by atoms with E-state index in [9.17, 15) is 9.59 Å². The van der Waals surface area contributed by atoms with Crippen molar-refractivity contribution in [3.8, 4) is 0 Å². The van der Waals surface area contributed by atoms with Crippen LogP contribution < -0.4 is 16.0 Å². The molecular weight excluding hydrogens is 426 g/mol. The number of urea groups is 1. The van der Waals surface area contributed by atoms with Crippen LogP contribution in [0, 0.1) is 0 Å². The summed E-state index contributed by atoms with van der Waals surface area (Å²) >= 11 is 4.87. The topological polar surface area (TPSA) is 70.2 Å². The Morgan fingerprint density at radius 1 is 0.963 bits per heavy atom. The zero-order valence-electron chi connectivity index (χ0n) is 14.5. The summed E-state index contributed by atoms with van der Waals surface area (Å²) < 4.78 is 0.941. The Bertz CT molecular complexity index is 944. The van der Waals surface area contributed by atoms with Crippen molar-refractivity contribution in [2.45, 2.75) is 13.0 Å². The Kier molecular flexibility index (Phi) is 6.26. The first kappa shape index (κ1) is 19.1. The average Bonchev–Trinajstić information content (AvgIpc) is 3.17. The number of nitrogens with one attached hydrogen (secondary N) is 3. The zero-order chi connectivity index (χ0) is 19.2. The number of hydrogen-bond acceptors (Lipinski definition) is 3. The van der Waals surface area contributed by atoms with E-state index in [1.165, 1.54) is 11.3 Å². The van der Waals surface area contributed by atoms with Gasteiger partial charge in [0.2, 0.25) is 0 Å². The largest absolute Gasteiger partial charge is 0.331 e. The van der Waals surface area contributed by atoms with Crippen LogP contribution in [0.5, 0.6) is 0 Å². The molecule has 5 nitrogen and oxygen atoms in total. The number of halogens is 1. The molecule has 0 spiro atoms. The summed E-state index contributed by atoms with van der Waals surface area (Å²) in [5.74, 6) is -0.172. The second kappa shape index (κ2) is 8.83. The fourth-order valence-electron chi connectivity index (χ4n) is 2.54. The van der Waals surface area contributed by atoms with Crippen LogP contribution in [0.1, 0.15) is 28.2 Å². The molecular formula is C20H18BrN3O2S. The fraction of sp³-hybridized carbons (Fsp3) is 0.100. The van der Waals surface area contributed by atoms with Crippen LogP contribution in [0.2, 0.25) is 0 Å². The number of carbonyl (C=O) groups is 2. The molecule has 0 fully saturated rings. The highest BCUT2D eigenvalue weighted by atomic mass is 79.9. The third-order valence-electron chi connectivity index (χ3n) is 3.84. The van der Waals surface area contributed by atoms with E-state index in [0.29, 0.717) is 16.3 Å². The molecule has 7 heteroatoms. The van der Waals surface area contributed by atoms with E-state index in [1.807, 2.05) is 42.6 Å². The van der Waals surface area contributed by atoms with E-state index >= 15 is 0 Å². The van der Waals surface area contributed by atoms with Crippen molar-refractivity contribution < 1.29 is 9.59 Å². The zero-order valence-corrected chi connectivity index (χ0v) is 16.9. The van der Waals surface area contributed by atoms with Crippen molar-refractivity contribution in [1.82, 2.24) is 5.32 Å². The van der Waals surface area contributed by atoms with E-state index in [1.54, 1.807) is 30.3 Å². The third kappa shape index (κ3) is 5.18. The quantitative estimate of drug-likeness (QED) is 0.476. The van der Waals surface area contributed by atoms with Crippen LogP contribution in [0.15, 0.2) is 70.5 Å². The van der Waals surface area contributed by atoms with Crippen LogP contribution in [-0.4, -0.2) is 11.9 Å². The number of rotatable bonds is 5. The molecule has 27 heavy (non-hydrogen) atoms. The van der Waals surface area contributed by atoms with Gasteiger partial charge >= 0.3 is 6.03 Å². The maximum absolute atomic E-state index is 12.3. The maximum atomic E-state index is 12.3. The van der Waals surface area contributed by atoms with Crippen LogP contribution in [-0.2, 0) is 0 Å². The Labute approximate surface area is 169 Å². The first-order valence-electron chi connectivity index (χ1n) is 8.30. The third-order valence-corrected chi connectivity index (χ3v) is 5.43. The first-order valence-corrected chi connectivity index (χ1v) is 9.97. The number of amides is 3. The van der Waals surface area contributed by atoms with Crippen molar-refractivity contribution in [2.75, 3.05) is 10.6 Å². The summed E-state index contributed by atoms with van der Waals surface area (Å²) in [5.41, 5.74) is 2.20. The minimum absolute atomic E-state index is 0.165. The number of thiophene rings is 1. The van der Waals surface area contributed by atoms with Crippen molar-refractivity contribution in [2.24, 2.45) is 0 Å². The van der Waals surface area contributed by atoms with Crippen LogP contribution in [0.4, 0.5) is 16.2 Å². The molecule has 0 bridgehead atoms. The van der Waals surface area contributed by atoms with Gasteiger partial charge in [0.05, 0.1) is 10.9 Å². The van der Waals surface area contributed by atoms with Gasteiger partial charge in [0.15, 0.2) is 0 Å². The van der Waals surface area contributed by atoms with E-state index in [0.717, 1.165) is 10.0 Å². The molecule has 1 aromatic heterocycles. The van der Waals surface area contributed by atoms with E-state index in [2.05, 4.69) is 31.9 Å². The number of hydrogen-bond donors (Lipinski definition) is 3. The first-order chi connectivity index (χ1) is 13.0. The summed E-state index contributed by atoms with van der Waals surface area (Å²) in [6.45, 7) is 1.91. The second-order valence-corrected chi connectivity index (χ2v) is 7.66. The molecule has 0 aliphatic heterocycles. The smallest absolute Gasteiger partial charge is 0.319 e. The molecule has 138 valence electrons. The molecule has 3 aromatic rings. The van der Waals surface area contributed by atoms with E-state index < -0.39 is 0 Å². The van der Waals surface area contributed by atoms with E-state index in [-0.39, 0.29) is 18.0 Å². The number of benzene rings is 2. The SMILES string of the molecule is CC(NC(=O)Nc1cccc(NC(=O)c2cccs2)c1)c1ccccc1Br. The lowest BCUT2D eigenvalue weighted by Gasteiger charge is -2.16. The second-order valence-electron chi connectivity index (χ2n) is 5.85. The Hall–Kier alpha value is -2.64. The summed E-state index contributed by atoms with van der Waals surface area (Å²) in [7, 11) is 0. The predicted molar refractivity (Wildman–Crippen MR) is 113 cm³/mol. The Balaban J connectivity index is 1.61. The molecule has 1 atom stereocenters. The van der Waals surface area contributed by atoms with Crippen molar-refractivity contribution >= 4 is 50.6 Å². The highest BCUT2D eigenvalue weighted by Gasteiger charge is 2.12. The van der Waals surface area contributed by atoms with Gasteiger partial charge in [-0.25, -0.2) is 4.79 Å². The molecule has 2 aromatic carbocycles. The number of carbonyl (C=O) groups excluding carboxylic acids is 2. The molecule has 0 aliphatic carbocycles. The van der Waals surface area contributed by atoms with E-state index in [4.69, 9.17) is 0 Å². The Morgan fingerprint density at radius 2 is 1.70 bits per heavy atom. The molecule has 0 aliphatic rings. The molecule has 1 heterocycles. The van der Waals surface area contributed by atoms with Gasteiger partial charge in [-0.3, -0.25) is 4.79 Å². The summed E-state index contributed by atoms with van der Waals surface area (Å²) in [4.78, 5) is 25.1. The van der Waals surface area contributed by atoms with Crippen molar-refractivity contribution in [3.05, 3.63) is 81.0 Å². The van der Waals surface area contributed by atoms with Gasteiger partial charge in [0.1, 0.15) is 0 Å². The highest BCUT2D eigenvalue weighted by molar-refractivity contribution is 9.10. The maximum Gasteiger partial charge on any atom is 0.319 e. The molecule has 3 amide bonds. The van der Waals surface area contributed by atoms with Gasteiger partial charge in [-0.15, -0.1) is 11.3 Å². The highest BCUT2D eigenvalue weighted by Crippen LogP contribution is 2.23. The van der Waals surface area contributed by atoms with Gasteiger partial charge in [-0.2, -0.15) is 0 Å².